The van der Waals surface area contributed by atoms with Crippen LogP contribution in [0.2, 0.25) is 0 Å². The van der Waals surface area contributed by atoms with Gasteiger partial charge in [-0.15, -0.1) is 10.2 Å². The smallest absolute Gasteiger partial charge is 0.190 e. The fourth-order valence-corrected chi connectivity index (χ4v) is 1.48. The third-order valence-corrected chi connectivity index (χ3v) is 3.25. The molecule has 0 bridgehead atoms. The van der Waals surface area contributed by atoms with Gasteiger partial charge in [-0.25, -0.2) is 0 Å². The zero-order valence-electron chi connectivity index (χ0n) is 13.1. The van der Waals surface area contributed by atoms with E-state index in [4.69, 9.17) is 11.5 Å². The number of nitrogens with two attached hydrogens (primary N) is 2. The van der Waals surface area contributed by atoms with Gasteiger partial charge in [-0.1, -0.05) is 27.7 Å². The summed E-state index contributed by atoms with van der Waals surface area (Å²) in [6.45, 7) is 8.43. The summed E-state index contributed by atoms with van der Waals surface area (Å²) >= 11 is 0. The van der Waals surface area contributed by atoms with Crippen molar-refractivity contribution in [3.63, 3.8) is 0 Å². The summed E-state index contributed by atoms with van der Waals surface area (Å²) in [5, 5.41) is 15.5. The van der Waals surface area contributed by atoms with E-state index in [-0.39, 0.29) is 11.7 Å². The van der Waals surface area contributed by atoms with Crippen LogP contribution in [0.25, 0.3) is 0 Å². The Morgan fingerprint density at radius 3 is 1.30 bits per heavy atom. The molecular weight excluding hydrogens is 252 g/mol. The van der Waals surface area contributed by atoms with Crippen molar-refractivity contribution in [1.82, 2.24) is 0 Å². The van der Waals surface area contributed by atoms with E-state index in [1.807, 2.05) is 0 Å². The molecule has 0 rings (SSSR count). The Balaban J connectivity index is 4.56. The summed E-state index contributed by atoms with van der Waals surface area (Å²) in [6, 6.07) is 0. The third-order valence-electron chi connectivity index (χ3n) is 3.25. The van der Waals surface area contributed by atoms with Crippen molar-refractivity contribution in [3.05, 3.63) is 0 Å². The molecule has 0 aliphatic rings. The molecule has 0 aromatic heterocycles. The SMILES string of the molecule is CCC(C=NN=C(N)C(N)=NN=CC(CC)CC)CC. The predicted octanol–water partition coefficient (Wildman–Crippen LogP) is 2.54. The van der Waals surface area contributed by atoms with Gasteiger partial charge >= 0.3 is 0 Å². The molecule has 0 spiro atoms. The second kappa shape index (κ2) is 11.1. The highest BCUT2D eigenvalue weighted by Gasteiger charge is 2.01. The normalized spacial score (nSPS) is 14.3. The van der Waals surface area contributed by atoms with Gasteiger partial charge in [0, 0.05) is 12.4 Å². The van der Waals surface area contributed by atoms with Crippen molar-refractivity contribution in [2.45, 2.75) is 53.4 Å². The molecule has 4 N–H and O–H groups in total. The van der Waals surface area contributed by atoms with Crippen LogP contribution in [0.4, 0.5) is 0 Å². The maximum absolute atomic E-state index is 5.67. The lowest BCUT2D eigenvalue weighted by Crippen LogP contribution is -2.30. The lowest BCUT2D eigenvalue weighted by atomic mass is 10.1. The zero-order chi connectivity index (χ0) is 15.4. The monoisotopic (exact) mass is 280 g/mol. The van der Waals surface area contributed by atoms with E-state index in [0.717, 1.165) is 25.7 Å². The van der Waals surface area contributed by atoms with Gasteiger partial charge in [0.15, 0.2) is 11.7 Å². The average molecular weight is 280 g/mol. The minimum atomic E-state index is 0.0916. The molecule has 0 heterocycles. The van der Waals surface area contributed by atoms with Crippen LogP contribution in [-0.4, -0.2) is 24.1 Å². The van der Waals surface area contributed by atoms with Crippen LogP contribution >= 0.6 is 0 Å². The predicted molar refractivity (Wildman–Crippen MR) is 88.4 cm³/mol. The van der Waals surface area contributed by atoms with E-state index in [9.17, 15) is 0 Å². The van der Waals surface area contributed by atoms with Crippen LogP contribution in [0.15, 0.2) is 20.4 Å². The van der Waals surface area contributed by atoms with Crippen LogP contribution in [0.1, 0.15) is 53.4 Å². The highest BCUT2D eigenvalue weighted by molar-refractivity contribution is 6.39. The first-order valence-corrected chi connectivity index (χ1v) is 7.32. The molecule has 0 radical (unpaired) electrons. The Labute approximate surface area is 122 Å². The molecule has 0 saturated carbocycles. The minimum Gasteiger partial charge on any atom is -0.379 e. The standard InChI is InChI=1S/C14H28N6/c1-5-11(6-2)9-17-19-13(15)14(16)20-18-10-12(7-3)8-4/h9-12H,5-8H2,1-4H3,(H2,15,19)(H2,16,20). The van der Waals surface area contributed by atoms with Crippen molar-refractivity contribution < 1.29 is 0 Å². The van der Waals surface area contributed by atoms with Gasteiger partial charge in [-0.3, -0.25) is 0 Å². The van der Waals surface area contributed by atoms with E-state index in [1.165, 1.54) is 0 Å². The van der Waals surface area contributed by atoms with Gasteiger partial charge in [0.1, 0.15) is 0 Å². The molecule has 0 aliphatic carbocycles. The molecule has 0 unspecified atom stereocenters. The van der Waals surface area contributed by atoms with E-state index < -0.39 is 0 Å². The number of hydrogen-bond donors (Lipinski definition) is 2. The Morgan fingerprint density at radius 1 is 0.750 bits per heavy atom. The first-order chi connectivity index (χ1) is 9.58. The van der Waals surface area contributed by atoms with Gasteiger partial charge < -0.3 is 11.5 Å². The fourth-order valence-electron chi connectivity index (χ4n) is 1.48. The molecule has 6 heteroatoms. The Kier molecular flexibility index (Phi) is 10.2. The third kappa shape index (κ3) is 7.66. The number of rotatable bonds is 8. The van der Waals surface area contributed by atoms with E-state index in [0.29, 0.717) is 11.8 Å². The van der Waals surface area contributed by atoms with Crippen LogP contribution in [0.3, 0.4) is 0 Å². The van der Waals surface area contributed by atoms with Crippen LogP contribution in [-0.2, 0) is 0 Å². The van der Waals surface area contributed by atoms with Gasteiger partial charge in [0.25, 0.3) is 0 Å². The van der Waals surface area contributed by atoms with E-state index in [2.05, 4.69) is 48.1 Å². The molecule has 20 heavy (non-hydrogen) atoms. The fraction of sp³-hybridized carbons (Fsp3) is 0.714. The topological polar surface area (TPSA) is 101 Å². The second-order valence-electron chi connectivity index (χ2n) is 4.65. The summed E-state index contributed by atoms with van der Waals surface area (Å²) in [4.78, 5) is 0. The quantitative estimate of drug-likeness (QED) is 0.405. The number of amidine groups is 2. The molecule has 6 nitrogen and oxygen atoms in total. The van der Waals surface area contributed by atoms with Gasteiger partial charge in [0.2, 0.25) is 0 Å². The molecule has 0 saturated heterocycles. The maximum atomic E-state index is 5.67. The first-order valence-electron chi connectivity index (χ1n) is 7.32. The molecule has 0 amide bonds. The zero-order valence-corrected chi connectivity index (χ0v) is 13.1. The molecule has 0 atom stereocenters. The number of nitrogens with zero attached hydrogens (tertiary/aromatic N) is 4. The lowest BCUT2D eigenvalue weighted by Gasteiger charge is -2.02. The van der Waals surface area contributed by atoms with Gasteiger partial charge in [-0.05, 0) is 37.5 Å². The minimum absolute atomic E-state index is 0.0916. The molecule has 0 aliphatic heterocycles. The van der Waals surface area contributed by atoms with Gasteiger partial charge in [0.05, 0.1) is 0 Å². The summed E-state index contributed by atoms with van der Waals surface area (Å²) < 4.78 is 0. The summed E-state index contributed by atoms with van der Waals surface area (Å²) in [7, 11) is 0. The summed E-state index contributed by atoms with van der Waals surface area (Å²) in [5.74, 6) is 1.01. The van der Waals surface area contributed by atoms with Crippen molar-refractivity contribution in [2.24, 2.45) is 43.7 Å². The summed E-state index contributed by atoms with van der Waals surface area (Å²) in [6.07, 6.45) is 7.68. The lowest BCUT2D eigenvalue weighted by molar-refractivity contribution is 0.653. The van der Waals surface area contributed by atoms with Crippen LogP contribution in [0.5, 0.6) is 0 Å². The van der Waals surface area contributed by atoms with Crippen LogP contribution in [0, 0.1) is 11.8 Å². The Morgan fingerprint density at radius 2 is 1.05 bits per heavy atom. The highest BCUT2D eigenvalue weighted by Crippen LogP contribution is 2.04. The molecule has 0 fully saturated rings. The largest absolute Gasteiger partial charge is 0.379 e. The van der Waals surface area contributed by atoms with Crippen LogP contribution < -0.4 is 11.5 Å². The number of hydrogen-bond acceptors (Lipinski definition) is 4. The molecule has 0 aromatic carbocycles. The molecular formula is C14H28N6. The molecule has 114 valence electrons. The first kappa shape index (κ1) is 18.3. The van der Waals surface area contributed by atoms with Crippen molar-refractivity contribution in [2.75, 3.05) is 0 Å². The molecule has 0 aromatic rings. The average Bonchev–Trinajstić information content (AvgIpc) is 2.47. The Bertz CT molecular complexity index is 326. The maximum Gasteiger partial charge on any atom is 0.190 e. The Hall–Kier alpha value is -1.72. The van der Waals surface area contributed by atoms with E-state index in [1.54, 1.807) is 12.4 Å². The highest BCUT2D eigenvalue weighted by atomic mass is 15.3. The van der Waals surface area contributed by atoms with Crippen molar-refractivity contribution in [3.8, 4) is 0 Å². The second-order valence-corrected chi connectivity index (χ2v) is 4.65. The van der Waals surface area contributed by atoms with Crippen molar-refractivity contribution in [1.29, 1.82) is 0 Å². The van der Waals surface area contributed by atoms with Gasteiger partial charge in [-0.2, -0.15) is 10.2 Å². The van der Waals surface area contributed by atoms with Crippen molar-refractivity contribution >= 4 is 24.1 Å². The summed E-state index contributed by atoms with van der Waals surface area (Å²) in [5.41, 5.74) is 11.3. The van der Waals surface area contributed by atoms with E-state index >= 15 is 0 Å².